The predicted octanol–water partition coefficient (Wildman–Crippen LogP) is 2.49. The largest absolute Gasteiger partial charge is 0.383 e. The second-order valence-corrected chi connectivity index (χ2v) is 7.39. The number of benzene rings is 1. The molecular weight excluding hydrogens is 356 g/mol. The number of nitrogens with two attached hydrogens (primary N) is 1. The molecule has 0 saturated heterocycles. The van der Waals surface area contributed by atoms with E-state index >= 15 is 0 Å². The summed E-state index contributed by atoms with van der Waals surface area (Å²) in [5.41, 5.74) is 6.10. The van der Waals surface area contributed by atoms with Gasteiger partial charge in [0.05, 0.1) is 6.54 Å². The highest BCUT2D eigenvalue weighted by atomic mass is 16.2. The standard InChI is InChI=1S/C21H28N4O3/c1-2-3-13-24(20(27)16-11-7-8-12-16)17-18(22)25(21(28)23-19(17)26)14-15-9-5-4-6-10-15/h4-6,9-10,16H,2-3,7-8,11-14,22H2,1H3,(H,23,26,28). The molecule has 1 aromatic carbocycles. The molecule has 0 spiro atoms. The molecule has 1 fully saturated rings. The van der Waals surface area contributed by atoms with Gasteiger partial charge in [-0.15, -0.1) is 0 Å². The van der Waals surface area contributed by atoms with E-state index < -0.39 is 11.2 Å². The molecule has 150 valence electrons. The molecule has 7 nitrogen and oxygen atoms in total. The molecule has 1 aromatic heterocycles. The molecular formula is C21H28N4O3. The molecule has 7 heteroatoms. The number of nitrogen functional groups attached to an aromatic ring is 1. The maximum Gasteiger partial charge on any atom is 0.330 e. The van der Waals surface area contributed by atoms with Gasteiger partial charge in [0.1, 0.15) is 5.82 Å². The fraction of sp³-hybridized carbons (Fsp3) is 0.476. The van der Waals surface area contributed by atoms with Crippen LogP contribution in [-0.2, 0) is 11.3 Å². The van der Waals surface area contributed by atoms with Crippen LogP contribution in [0.4, 0.5) is 11.5 Å². The first-order valence-electron chi connectivity index (χ1n) is 10.0. The Morgan fingerprint density at radius 1 is 1.21 bits per heavy atom. The number of hydrogen-bond donors (Lipinski definition) is 2. The first-order valence-corrected chi connectivity index (χ1v) is 10.0. The van der Waals surface area contributed by atoms with Crippen molar-refractivity contribution < 1.29 is 4.79 Å². The van der Waals surface area contributed by atoms with Crippen LogP contribution >= 0.6 is 0 Å². The van der Waals surface area contributed by atoms with E-state index in [4.69, 9.17) is 5.73 Å². The van der Waals surface area contributed by atoms with Crippen LogP contribution in [0.3, 0.4) is 0 Å². The number of amides is 1. The van der Waals surface area contributed by atoms with Gasteiger partial charge in [0, 0.05) is 12.5 Å². The van der Waals surface area contributed by atoms with Crippen molar-refractivity contribution >= 4 is 17.4 Å². The Balaban J connectivity index is 2.03. The number of hydrogen-bond acceptors (Lipinski definition) is 4. The van der Waals surface area contributed by atoms with Gasteiger partial charge in [-0.3, -0.25) is 19.1 Å². The molecule has 2 aromatic rings. The van der Waals surface area contributed by atoms with Gasteiger partial charge >= 0.3 is 5.69 Å². The lowest BCUT2D eigenvalue weighted by Gasteiger charge is -2.27. The fourth-order valence-corrected chi connectivity index (χ4v) is 3.80. The first kappa shape index (κ1) is 19.9. The zero-order valence-corrected chi connectivity index (χ0v) is 16.3. The summed E-state index contributed by atoms with van der Waals surface area (Å²) in [7, 11) is 0. The number of nitrogens with one attached hydrogen (secondary N) is 1. The number of nitrogens with zero attached hydrogens (tertiary/aromatic N) is 2. The van der Waals surface area contributed by atoms with Gasteiger partial charge in [0.25, 0.3) is 5.56 Å². The minimum Gasteiger partial charge on any atom is -0.383 e. The van der Waals surface area contributed by atoms with Crippen molar-refractivity contribution in [2.75, 3.05) is 17.2 Å². The lowest BCUT2D eigenvalue weighted by molar-refractivity contribution is -0.122. The lowest BCUT2D eigenvalue weighted by atomic mass is 10.1. The first-order chi connectivity index (χ1) is 13.5. The van der Waals surface area contributed by atoms with Gasteiger partial charge in [0.15, 0.2) is 5.69 Å². The summed E-state index contributed by atoms with van der Waals surface area (Å²) in [4.78, 5) is 42.0. The van der Waals surface area contributed by atoms with E-state index in [-0.39, 0.29) is 29.9 Å². The Bertz CT molecular complexity index is 927. The minimum absolute atomic E-state index is 0.0417. The van der Waals surface area contributed by atoms with Gasteiger partial charge < -0.3 is 10.6 Å². The molecule has 1 saturated carbocycles. The topological polar surface area (TPSA) is 101 Å². The highest BCUT2D eigenvalue weighted by Gasteiger charge is 2.31. The van der Waals surface area contributed by atoms with Crippen molar-refractivity contribution in [1.29, 1.82) is 0 Å². The molecule has 1 aliphatic rings. The molecule has 0 radical (unpaired) electrons. The van der Waals surface area contributed by atoms with Crippen molar-refractivity contribution in [3.8, 4) is 0 Å². The number of anilines is 2. The summed E-state index contributed by atoms with van der Waals surface area (Å²) in [6, 6.07) is 9.41. The molecule has 0 atom stereocenters. The zero-order valence-electron chi connectivity index (χ0n) is 16.3. The number of carbonyl (C=O) groups excluding carboxylic acids is 1. The second-order valence-electron chi connectivity index (χ2n) is 7.39. The second kappa shape index (κ2) is 8.91. The van der Waals surface area contributed by atoms with E-state index in [1.165, 1.54) is 9.47 Å². The van der Waals surface area contributed by atoms with Crippen LogP contribution in [-0.4, -0.2) is 22.0 Å². The third-order valence-corrected chi connectivity index (χ3v) is 5.37. The maximum absolute atomic E-state index is 13.1. The Hall–Kier alpha value is -2.83. The van der Waals surface area contributed by atoms with Gasteiger partial charge in [-0.1, -0.05) is 56.5 Å². The molecule has 3 N–H and O–H groups in total. The number of aromatic nitrogens is 2. The van der Waals surface area contributed by atoms with Crippen molar-refractivity contribution in [1.82, 2.24) is 9.55 Å². The summed E-state index contributed by atoms with van der Waals surface area (Å²) in [5.74, 6) is -0.0988. The number of carbonyl (C=O) groups is 1. The summed E-state index contributed by atoms with van der Waals surface area (Å²) in [6.07, 6.45) is 5.37. The minimum atomic E-state index is -0.603. The predicted molar refractivity (Wildman–Crippen MR) is 110 cm³/mol. The Morgan fingerprint density at radius 3 is 2.54 bits per heavy atom. The van der Waals surface area contributed by atoms with Crippen molar-refractivity contribution in [2.45, 2.75) is 52.0 Å². The molecule has 1 amide bonds. The van der Waals surface area contributed by atoms with E-state index in [0.717, 1.165) is 44.1 Å². The Kier molecular flexibility index (Phi) is 6.34. The van der Waals surface area contributed by atoms with E-state index in [1.54, 1.807) is 0 Å². The van der Waals surface area contributed by atoms with Crippen molar-refractivity contribution in [3.63, 3.8) is 0 Å². The van der Waals surface area contributed by atoms with Gasteiger partial charge in [-0.2, -0.15) is 0 Å². The normalized spacial score (nSPS) is 14.3. The van der Waals surface area contributed by atoms with Crippen LogP contribution < -0.4 is 21.9 Å². The third-order valence-electron chi connectivity index (χ3n) is 5.37. The monoisotopic (exact) mass is 384 g/mol. The quantitative estimate of drug-likeness (QED) is 0.766. The highest BCUT2D eigenvalue weighted by molar-refractivity contribution is 5.97. The van der Waals surface area contributed by atoms with Crippen LogP contribution in [0.25, 0.3) is 0 Å². The molecule has 0 aliphatic heterocycles. The van der Waals surface area contributed by atoms with Crippen molar-refractivity contribution in [2.24, 2.45) is 5.92 Å². The van der Waals surface area contributed by atoms with Crippen LogP contribution in [0.15, 0.2) is 39.9 Å². The smallest absolute Gasteiger partial charge is 0.330 e. The van der Waals surface area contributed by atoms with Crippen molar-refractivity contribution in [3.05, 3.63) is 56.7 Å². The Morgan fingerprint density at radius 2 is 1.89 bits per heavy atom. The van der Waals surface area contributed by atoms with Gasteiger partial charge in [-0.25, -0.2) is 4.79 Å². The van der Waals surface area contributed by atoms with Crippen LogP contribution in [0.1, 0.15) is 51.0 Å². The average molecular weight is 384 g/mol. The number of aromatic amines is 1. The average Bonchev–Trinajstić information content (AvgIpc) is 3.22. The zero-order chi connectivity index (χ0) is 20.1. The number of H-pyrrole nitrogens is 1. The molecule has 0 unspecified atom stereocenters. The van der Waals surface area contributed by atoms with E-state index in [9.17, 15) is 14.4 Å². The summed E-state index contributed by atoms with van der Waals surface area (Å²) in [6.45, 7) is 2.68. The maximum atomic E-state index is 13.1. The number of unbranched alkanes of at least 4 members (excludes halogenated alkanes) is 1. The lowest BCUT2D eigenvalue weighted by Crippen LogP contribution is -2.43. The Labute approximate surface area is 164 Å². The fourth-order valence-electron chi connectivity index (χ4n) is 3.80. The summed E-state index contributed by atoms with van der Waals surface area (Å²) < 4.78 is 1.33. The van der Waals surface area contributed by atoms with Crippen LogP contribution in [0, 0.1) is 5.92 Å². The third kappa shape index (κ3) is 4.18. The van der Waals surface area contributed by atoms with Crippen LogP contribution in [0.5, 0.6) is 0 Å². The molecule has 3 rings (SSSR count). The molecule has 28 heavy (non-hydrogen) atoms. The SMILES string of the molecule is CCCCN(C(=O)C1CCCC1)c1c(N)n(Cc2ccccc2)c(=O)[nH]c1=O. The molecule has 1 aliphatic carbocycles. The summed E-state index contributed by atoms with van der Waals surface area (Å²) in [5, 5.41) is 0. The van der Waals surface area contributed by atoms with Gasteiger partial charge in [-0.05, 0) is 24.8 Å². The highest BCUT2D eigenvalue weighted by Crippen LogP contribution is 2.29. The van der Waals surface area contributed by atoms with Crippen LogP contribution in [0.2, 0.25) is 0 Å². The van der Waals surface area contributed by atoms with E-state index in [2.05, 4.69) is 4.98 Å². The van der Waals surface area contributed by atoms with E-state index in [1.807, 2.05) is 37.3 Å². The number of rotatable bonds is 7. The summed E-state index contributed by atoms with van der Waals surface area (Å²) >= 11 is 0. The van der Waals surface area contributed by atoms with Gasteiger partial charge in [0.2, 0.25) is 5.91 Å². The molecule has 0 bridgehead atoms. The van der Waals surface area contributed by atoms with E-state index in [0.29, 0.717) is 6.54 Å². The molecule has 1 heterocycles.